The molecule has 0 N–H and O–H groups in total. The molecule has 0 aromatic heterocycles. The first kappa shape index (κ1) is 26.4. The number of methoxy groups -OCH3 is 1. The summed E-state index contributed by atoms with van der Waals surface area (Å²) in [6.07, 6.45) is 19.6. The minimum absolute atomic E-state index is 0. The van der Waals surface area contributed by atoms with E-state index >= 15 is 0 Å². The molecule has 4 fully saturated rings. The van der Waals surface area contributed by atoms with Crippen LogP contribution in [0.5, 0.6) is 0 Å². The van der Waals surface area contributed by atoms with Crippen LogP contribution in [0.4, 0.5) is 11.4 Å². The molecule has 1 aromatic rings. The summed E-state index contributed by atoms with van der Waals surface area (Å²) in [5, 5.41) is 0. The first-order chi connectivity index (χ1) is 17.2. The van der Waals surface area contributed by atoms with Crippen molar-refractivity contribution in [3.05, 3.63) is 29.8 Å². The smallest absolute Gasteiger partial charge is 0.0605 e. The summed E-state index contributed by atoms with van der Waals surface area (Å²) in [6.45, 7) is 8.36. The molecule has 2 saturated carbocycles. The van der Waals surface area contributed by atoms with Gasteiger partial charge in [-0.05, 0) is 92.9 Å². The van der Waals surface area contributed by atoms with Crippen molar-refractivity contribution in [2.45, 2.75) is 83.2 Å². The lowest BCUT2D eigenvalue weighted by molar-refractivity contribution is 0.0819. The van der Waals surface area contributed by atoms with Crippen molar-refractivity contribution in [3.8, 4) is 0 Å². The van der Waals surface area contributed by atoms with E-state index in [1.807, 2.05) is 7.11 Å². The molecule has 2 heterocycles. The number of hydrogen-bond donors (Lipinski definition) is 0. The maximum atomic E-state index is 5.64. The van der Waals surface area contributed by atoms with Gasteiger partial charge in [0, 0.05) is 69.9 Å². The molecule has 1 spiro atoms. The van der Waals surface area contributed by atoms with Crippen LogP contribution in [0.2, 0.25) is 0 Å². The molecule has 2 saturated heterocycles. The topological polar surface area (TPSA) is 19.0 Å². The van der Waals surface area contributed by atoms with Gasteiger partial charge in [0.25, 0.3) is 0 Å². The first-order valence-corrected chi connectivity index (χ1v) is 14.8. The third-order valence-electron chi connectivity index (χ3n) is 10.0. The summed E-state index contributed by atoms with van der Waals surface area (Å²) in [7, 11) is 1.87. The molecule has 0 unspecified atom stereocenters. The number of piperidine rings is 1. The fourth-order valence-electron chi connectivity index (χ4n) is 7.38. The number of ether oxygens (including phenoxy) is 1. The number of anilines is 2. The van der Waals surface area contributed by atoms with Crippen LogP contribution in [0.1, 0.15) is 82.6 Å². The molecule has 1 aromatic carbocycles. The molecule has 5 heteroatoms. The van der Waals surface area contributed by atoms with E-state index < -0.39 is 0 Å². The van der Waals surface area contributed by atoms with Crippen molar-refractivity contribution in [2.75, 3.05) is 62.7 Å². The van der Waals surface area contributed by atoms with Gasteiger partial charge in [-0.2, -0.15) is 0 Å². The number of nitrogens with zero attached hydrogens (tertiary/aromatic N) is 3. The van der Waals surface area contributed by atoms with Crippen LogP contribution in [-0.4, -0.2) is 63.9 Å². The van der Waals surface area contributed by atoms with Gasteiger partial charge in [-0.1, -0.05) is 25.3 Å². The largest absolute Gasteiger partial charge is 0.381 e. The Morgan fingerprint density at radius 1 is 0.861 bits per heavy atom. The average Bonchev–Trinajstić information content (AvgIpc) is 3.74. The minimum atomic E-state index is 0. The molecule has 0 amide bonds. The number of halogens is 1. The summed E-state index contributed by atoms with van der Waals surface area (Å²) >= 11 is 0. The second kappa shape index (κ2) is 11.7. The highest BCUT2D eigenvalue weighted by atomic mass is 35.5. The van der Waals surface area contributed by atoms with E-state index in [4.69, 9.17) is 4.74 Å². The van der Waals surface area contributed by atoms with Crippen LogP contribution >= 0.6 is 12.4 Å². The lowest BCUT2D eigenvalue weighted by atomic mass is 9.65. The Kier molecular flexibility index (Phi) is 8.54. The number of benzene rings is 1. The Morgan fingerprint density at radius 2 is 1.61 bits per heavy atom. The van der Waals surface area contributed by atoms with E-state index in [0.29, 0.717) is 11.5 Å². The van der Waals surface area contributed by atoms with Gasteiger partial charge >= 0.3 is 0 Å². The van der Waals surface area contributed by atoms with Crippen molar-refractivity contribution >= 4 is 29.4 Å². The third kappa shape index (κ3) is 5.92. The van der Waals surface area contributed by atoms with Gasteiger partial charge in [-0.25, -0.2) is 0 Å². The van der Waals surface area contributed by atoms with Gasteiger partial charge in [-0.3, -0.25) is 4.90 Å². The molecule has 4 nitrogen and oxygen atoms in total. The van der Waals surface area contributed by atoms with Crippen molar-refractivity contribution in [1.82, 2.24) is 4.90 Å². The number of rotatable bonds is 6. The Bertz CT molecular complexity index is 891. The zero-order valence-corrected chi connectivity index (χ0v) is 23.4. The molecule has 200 valence electrons. The van der Waals surface area contributed by atoms with Gasteiger partial charge in [0.15, 0.2) is 0 Å². The van der Waals surface area contributed by atoms with Gasteiger partial charge in [0.05, 0.1) is 6.10 Å². The minimum Gasteiger partial charge on any atom is -0.381 e. The van der Waals surface area contributed by atoms with E-state index in [0.717, 1.165) is 31.8 Å². The fraction of sp³-hybridized carbons (Fsp3) is 0.742. The second-order valence-electron chi connectivity index (χ2n) is 12.3. The third-order valence-corrected chi connectivity index (χ3v) is 10.0. The van der Waals surface area contributed by atoms with Crippen LogP contribution in [0.25, 0.3) is 5.57 Å². The van der Waals surface area contributed by atoms with Gasteiger partial charge < -0.3 is 14.5 Å². The highest BCUT2D eigenvalue weighted by Gasteiger charge is 2.34. The Labute approximate surface area is 225 Å². The average molecular weight is 514 g/mol. The number of allylic oxidation sites excluding steroid dienone is 2. The number of piperazine rings is 1. The van der Waals surface area contributed by atoms with E-state index in [-0.39, 0.29) is 12.4 Å². The first-order valence-electron chi connectivity index (χ1n) is 14.8. The van der Waals surface area contributed by atoms with Crippen LogP contribution in [0, 0.1) is 11.3 Å². The predicted octanol–water partition coefficient (Wildman–Crippen LogP) is 6.77. The standard InChI is InChI=1S/C31H47N3O.ClH/c1-35-28-11-17-33(18-12-28)27-7-8-30(34-21-19-32(20-22-34)24-25-5-6-25)29(23-27)26-9-15-31(16-10-26)13-3-2-4-14-31;/h7-9,23,25,28H,2-6,10-22,24H2,1H3;1H. The summed E-state index contributed by atoms with van der Waals surface area (Å²) < 4.78 is 5.64. The molecular formula is C31H48ClN3O. The van der Waals surface area contributed by atoms with Crippen LogP contribution in [0.3, 0.4) is 0 Å². The second-order valence-corrected chi connectivity index (χ2v) is 12.3. The normalized spacial score (nSPS) is 25.5. The summed E-state index contributed by atoms with van der Waals surface area (Å²) in [4.78, 5) is 8.02. The van der Waals surface area contributed by atoms with Crippen LogP contribution in [0.15, 0.2) is 24.3 Å². The Balaban J connectivity index is 0.00000267. The van der Waals surface area contributed by atoms with Crippen LogP contribution < -0.4 is 9.80 Å². The zero-order chi connectivity index (χ0) is 23.7. The molecule has 3 aliphatic carbocycles. The van der Waals surface area contributed by atoms with Gasteiger partial charge in [0.1, 0.15) is 0 Å². The van der Waals surface area contributed by atoms with E-state index in [9.17, 15) is 0 Å². The van der Waals surface area contributed by atoms with Crippen LogP contribution in [-0.2, 0) is 4.74 Å². The van der Waals surface area contributed by atoms with Crippen molar-refractivity contribution < 1.29 is 4.74 Å². The molecule has 0 bridgehead atoms. The molecule has 0 radical (unpaired) electrons. The molecule has 2 aliphatic heterocycles. The molecule has 36 heavy (non-hydrogen) atoms. The highest BCUT2D eigenvalue weighted by molar-refractivity contribution is 5.85. The number of hydrogen-bond acceptors (Lipinski definition) is 4. The highest BCUT2D eigenvalue weighted by Crippen LogP contribution is 2.49. The SMILES string of the molecule is COC1CCN(c2ccc(N3CCN(CC4CC4)CC3)c(C3=CCC4(CCCCC4)CC3)c2)CC1.Cl. The van der Waals surface area contributed by atoms with Crippen molar-refractivity contribution in [3.63, 3.8) is 0 Å². The molecular weight excluding hydrogens is 466 g/mol. The van der Waals surface area contributed by atoms with Gasteiger partial charge in [0.2, 0.25) is 0 Å². The monoisotopic (exact) mass is 513 g/mol. The van der Waals surface area contributed by atoms with E-state index in [2.05, 4.69) is 39.0 Å². The lowest BCUT2D eigenvalue weighted by Gasteiger charge is -2.41. The van der Waals surface area contributed by atoms with E-state index in [1.54, 1.807) is 5.57 Å². The maximum absolute atomic E-state index is 5.64. The van der Waals surface area contributed by atoms with Crippen molar-refractivity contribution in [1.29, 1.82) is 0 Å². The Hall–Kier alpha value is -1.23. The molecule has 6 rings (SSSR count). The summed E-state index contributed by atoms with van der Waals surface area (Å²) in [5.74, 6) is 0.998. The Morgan fingerprint density at radius 3 is 2.25 bits per heavy atom. The summed E-state index contributed by atoms with van der Waals surface area (Å²) in [6, 6.07) is 7.44. The lowest BCUT2D eigenvalue weighted by Crippen LogP contribution is -2.47. The maximum Gasteiger partial charge on any atom is 0.0605 e. The fourth-order valence-corrected chi connectivity index (χ4v) is 7.38. The van der Waals surface area contributed by atoms with Crippen molar-refractivity contribution in [2.24, 2.45) is 11.3 Å². The zero-order valence-electron chi connectivity index (χ0n) is 22.6. The van der Waals surface area contributed by atoms with Gasteiger partial charge in [-0.15, -0.1) is 12.4 Å². The quantitative estimate of drug-likeness (QED) is 0.417. The predicted molar refractivity (Wildman–Crippen MR) is 155 cm³/mol. The molecule has 5 aliphatic rings. The molecule has 0 atom stereocenters. The van der Waals surface area contributed by atoms with E-state index in [1.165, 1.54) is 114 Å². The summed E-state index contributed by atoms with van der Waals surface area (Å²) in [5.41, 5.74) is 6.71.